The van der Waals surface area contributed by atoms with Crippen molar-refractivity contribution in [3.63, 3.8) is 0 Å². The van der Waals surface area contributed by atoms with E-state index in [1.54, 1.807) is 0 Å². The lowest BCUT2D eigenvalue weighted by Gasteiger charge is -2.09. The van der Waals surface area contributed by atoms with Crippen LogP contribution in [0.4, 0.5) is 0 Å². The molecule has 1 unspecified atom stereocenters. The van der Waals surface area contributed by atoms with Crippen LogP contribution in [-0.2, 0) is 0 Å². The molecule has 1 atom stereocenters. The minimum atomic E-state index is -0.287. The molecule has 0 amide bonds. The summed E-state index contributed by atoms with van der Waals surface area (Å²) in [6.07, 6.45) is 17.4. The summed E-state index contributed by atoms with van der Waals surface area (Å²) in [6.45, 7) is 1.86. The molecule has 0 aromatic rings. The van der Waals surface area contributed by atoms with Crippen LogP contribution in [0, 0.1) is 0 Å². The molecule has 0 heterocycles. The Morgan fingerprint density at radius 1 is 1.07 bits per heavy atom. The monoisotopic (exact) mass is 206 g/mol. The van der Waals surface area contributed by atoms with Gasteiger partial charge in [0.1, 0.15) is 0 Å². The van der Waals surface area contributed by atoms with Crippen LogP contribution in [0.1, 0.15) is 45.4 Å². The lowest BCUT2D eigenvalue weighted by Crippen LogP contribution is -2.04. The van der Waals surface area contributed by atoms with Crippen LogP contribution in [0.5, 0.6) is 0 Å². The maximum atomic E-state index is 9.57. The number of allylic oxidation sites excluding steroid dienone is 5. The number of hydrogen-bond donors (Lipinski definition) is 1. The molecule has 1 N–H and O–H groups in total. The third kappa shape index (κ3) is 5.58. The largest absolute Gasteiger partial charge is 0.389 e. The quantitative estimate of drug-likeness (QED) is 0.648. The van der Waals surface area contributed by atoms with Gasteiger partial charge in [-0.05, 0) is 51.0 Å². The van der Waals surface area contributed by atoms with Gasteiger partial charge in [-0.1, -0.05) is 30.4 Å². The van der Waals surface area contributed by atoms with Crippen LogP contribution in [0.25, 0.3) is 0 Å². The molecule has 1 heteroatoms. The molecular formula is C14H22O. The topological polar surface area (TPSA) is 20.2 Å². The molecule has 0 fully saturated rings. The Morgan fingerprint density at radius 2 is 1.73 bits per heavy atom. The van der Waals surface area contributed by atoms with Crippen molar-refractivity contribution in [2.75, 3.05) is 0 Å². The Hall–Kier alpha value is -0.820. The van der Waals surface area contributed by atoms with Crippen LogP contribution in [-0.4, -0.2) is 11.2 Å². The first-order chi connectivity index (χ1) is 7.30. The van der Waals surface area contributed by atoms with Gasteiger partial charge in [0, 0.05) is 0 Å². The normalized spacial score (nSPS) is 29.1. The van der Waals surface area contributed by atoms with Gasteiger partial charge in [0.25, 0.3) is 0 Å². The molecule has 1 nitrogen and oxygen atoms in total. The number of aliphatic hydroxyl groups excluding tert-OH is 1. The lowest BCUT2D eigenvalue weighted by atomic mass is 10.0. The number of hydrogen-bond acceptors (Lipinski definition) is 1. The molecule has 0 aromatic carbocycles. The molecular weight excluding hydrogens is 184 g/mol. The van der Waals surface area contributed by atoms with E-state index in [2.05, 4.69) is 30.4 Å². The zero-order chi connectivity index (χ0) is 10.9. The molecule has 1 aliphatic carbocycles. The van der Waals surface area contributed by atoms with Crippen LogP contribution in [0.2, 0.25) is 0 Å². The predicted octanol–water partition coefficient (Wildman–Crippen LogP) is 3.76. The van der Waals surface area contributed by atoms with E-state index in [0.29, 0.717) is 0 Å². The molecule has 0 bridgehead atoms. The Labute approximate surface area is 93.2 Å². The summed E-state index contributed by atoms with van der Waals surface area (Å²) in [7, 11) is 0. The van der Waals surface area contributed by atoms with Gasteiger partial charge in [-0.15, -0.1) is 0 Å². The minimum absolute atomic E-state index is 0.287. The summed E-state index contributed by atoms with van der Waals surface area (Å²) < 4.78 is 0. The summed E-state index contributed by atoms with van der Waals surface area (Å²) in [4.78, 5) is 0. The zero-order valence-corrected chi connectivity index (χ0v) is 9.65. The first-order valence-electron chi connectivity index (χ1n) is 5.97. The number of rotatable bonds is 1. The van der Waals surface area contributed by atoms with Gasteiger partial charge in [0.05, 0.1) is 6.10 Å². The standard InChI is InChI=1S/C14H22O/c1-13(15)14-11-9-7-5-3-2-4-6-8-10-12-14/h3,5-6,8,12-13,15H,2,4,7,9-11H2,1H3/b5-3-,8-6-,14-12+. The first kappa shape index (κ1) is 12.3. The van der Waals surface area contributed by atoms with E-state index < -0.39 is 0 Å². The third-order valence-corrected chi connectivity index (χ3v) is 2.72. The highest BCUT2D eigenvalue weighted by molar-refractivity contribution is 5.09. The van der Waals surface area contributed by atoms with E-state index in [1.807, 2.05) is 6.92 Å². The summed E-state index contributed by atoms with van der Waals surface area (Å²) in [6, 6.07) is 0. The second-order valence-electron chi connectivity index (χ2n) is 4.10. The molecule has 0 saturated carbocycles. The van der Waals surface area contributed by atoms with Gasteiger partial charge in [-0.25, -0.2) is 0 Å². The van der Waals surface area contributed by atoms with Crippen molar-refractivity contribution in [1.82, 2.24) is 0 Å². The van der Waals surface area contributed by atoms with E-state index in [0.717, 1.165) is 38.5 Å². The van der Waals surface area contributed by atoms with Gasteiger partial charge < -0.3 is 5.11 Å². The summed E-state index contributed by atoms with van der Waals surface area (Å²) in [5, 5.41) is 9.57. The molecule has 0 aliphatic heterocycles. The van der Waals surface area contributed by atoms with Crippen LogP contribution in [0.15, 0.2) is 36.0 Å². The molecule has 1 aliphatic rings. The van der Waals surface area contributed by atoms with Crippen LogP contribution in [0.3, 0.4) is 0 Å². The number of aliphatic hydroxyl groups is 1. The second-order valence-corrected chi connectivity index (χ2v) is 4.10. The van der Waals surface area contributed by atoms with Crippen molar-refractivity contribution in [3.05, 3.63) is 36.0 Å². The fourth-order valence-corrected chi connectivity index (χ4v) is 1.77. The Balaban J connectivity index is 2.55. The van der Waals surface area contributed by atoms with Gasteiger partial charge in [0.15, 0.2) is 0 Å². The van der Waals surface area contributed by atoms with E-state index in [9.17, 15) is 5.11 Å². The van der Waals surface area contributed by atoms with Crippen molar-refractivity contribution in [2.24, 2.45) is 0 Å². The Bertz CT molecular complexity index is 246. The van der Waals surface area contributed by atoms with E-state index in [-0.39, 0.29) is 6.10 Å². The molecule has 0 spiro atoms. The van der Waals surface area contributed by atoms with Crippen molar-refractivity contribution in [3.8, 4) is 0 Å². The van der Waals surface area contributed by atoms with Crippen molar-refractivity contribution >= 4 is 0 Å². The Kier molecular flexibility index (Phi) is 6.10. The average Bonchev–Trinajstić information content (AvgIpc) is 2.18. The third-order valence-electron chi connectivity index (χ3n) is 2.72. The van der Waals surface area contributed by atoms with Crippen molar-refractivity contribution in [2.45, 2.75) is 51.6 Å². The highest BCUT2D eigenvalue weighted by atomic mass is 16.3. The van der Waals surface area contributed by atoms with Gasteiger partial charge in [0.2, 0.25) is 0 Å². The zero-order valence-electron chi connectivity index (χ0n) is 9.65. The molecule has 1 rings (SSSR count). The highest BCUT2D eigenvalue weighted by Crippen LogP contribution is 2.14. The summed E-state index contributed by atoms with van der Waals surface area (Å²) in [5.74, 6) is 0. The summed E-state index contributed by atoms with van der Waals surface area (Å²) in [5.41, 5.74) is 1.19. The fourth-order valence-electron chi connectivity index (χ4n) is 1.77. The van der Waals surface area contributed by atoms with Crippen LogP contribution >= 0.6 is 0 Å². The molecule has 0 aromatic heterocycles. The molecule has 0 saturated heterocycles. The molecule has 0 radical (unpaired) electrons. The van der Waals surface area contributed by atoms with Gasteiger partial charge in [-0.3, -0.25) is 0 Å². The van der Waals surface area contributed by atoms with Crippen LogP contribution < -0.4 is 0 Å². The maximum absolute atomic E-state index is 9.57. The highest BCUT2D eigenvalue weighted by Gasteiger charge is 2.03. The summed E-state index contributed by atoms with van der Waals surface area (Å²) >= 11 is 0. The van der Waals surface area contributed by atoms with Gasteiger partial charge >= 0.3 is 0 Å². The SMILES string of the molecule is CC(O)/C1=C/C/C=C\CC/C=C\CCC1. The maximum Gasteiger partial charge on any atom is 0.0722 e. The average molecular weight is 206 g/mol. The fraction of sp³-hybridized carbons (Fsp3) is 0.571. The smallest absolute Gasteiger partial charge is 0.0722 e. The molecule has 15 heavy (non-hydrogen) atoms. The first-order valence-corrected chi connectivity index (χ1v) is 5.97. The predicted molar refractivity (Wildman–Crippen MR) is 65.7 cm³/mol. The van der Waals surface area contributed by atoms with Crippen molar-refractivity contribution in [1.29, 1.82) is 0 Å². The lowest BCUT2D eigenvalue weighted by molar-refractivity contribution is 0.226. The Morgan fingerprint density at radius 3 is 2.47 bits per heavy atom. The van der Waals surface area contributed by atoms with E-state index >= 15 is 0 Å². The molecule has 84 valence electrons. The second kappa shape index (κ2) is 7.47. The van der Waals surface area contributed by atoms with Gasteiger partial charge in [-0.2, -0.15) is 0 Å². The minimum Gasteiger partial charge on any atom is -0.389 e. The van der Waals surface area contributed by atoms with E-state index in [4.69, 9.17) is 0 Å². The van der Waals surface area contributed by atoms with Crippen molar-refractivity contribution < 1.29 is 5.11 Å². The van der Waals surface area contributed by atoms with E-state index in [1.165, 1.54) is 5.57 Å².